The van der Waals surface area contributed by atoms with E-state index < -0.39 is 5.97 Å². The van der Waals surface area contributed by atoms with Gasteiger partial charge in [0.1, 0.15) is 16.4 Å². The molecule has 20 heavy (non-hydrogen) atoms. The molecule has 0 aromatic carbocycles. The van der Waals surface area contributed by atoms with Gasteiger partial charge in [-0.05, 0) is 19.1 Å². The van der Waals surface area contributed by atoms with Gasteiger partial charge < -0.3 is 5.11 Å². The molecule has 0 spiro atoms. The van der Waals surface area contributed by atoms with Crippen LogP contribution < -0.4 is 0 Å². The lowest BCUT2D eigenvalue weighted by molar-refractivity contribution is 0.0690. The van der Waals surface area contributed by atoms with Crippen LogP contribution in [-0.4, -0.2) is 26.8 Å². The van der Waals surface area contributed by atoms with Crippen LogP contribution in [0, 0.1) is 6.92 Å². The Labute approximate surface area is 125 Å². The molecule has 0 radical (unpaired) electrons. The first-order chi connectivity index (χ1) is 9.47. The number of nitrogens with zero attached hydrogens (tertiary/aromatic N) is 2. The van der Waals surface area contributed by atoms with Gasteiger partial charge in [-0.1, -0.05) is 40.0 Å². The number of rotatable bonds is 8. The Morgan fingerprint density at radius 2 is 1.95 bits per heavy atom. The highest BCUT2D eigenvalue weighted by Gasteiger charge is 2.19. The number of hydrogen-bond donors (Lipinski definition) is 1. The van der Waals surface area contributed by atoms with Gasteiger partial charge in [0.25, 0.3) is 0 Å². The third-order valence-electron chi connectivity index (χ3n) is 3.04. The highest BCUT2D eigenvalue weighted by molar-refractivity contribution is 7.99. The maximum absolute atomic E-state index is 11.4. The molecule has 1 heterocycles. The molecule has 1 aromatic rings. The van der Waals surface area contributed by atoms with Crippen molar-refractivity contribution in [2.45, 2.75) is 64.3 Å². The highest BCUT2D eigenvalue weighted by Crippen LogP contribution is 2.26. The predicted molar refractivity (Wildman–Crippen MR) is 82.7 cm³/mol. The molecule has 0 aliphatic rings. The van der Waals surface area contributed by atoms with Crippen molar-refractivity contribution in [3.05, 3.63) is 17.1 Å². The molecule has 0 saturated heterocycles. The summed E-state index contributed by atoms with van der Waals surface area (Å²) in [7, 11) is 0. The topological polar surface area (TPSA) is 63.1 Å². The third kappa shape index (κ3) is 4.78. The zero-order valence-electron chi connectivity index (χ0n) is 12.8. The minimum Gasteiger partial charge on any atom is -0.478 e. The van der Waals surface area contributed by atoms with Gasteiger partial charge in [0.2, 0.25) is 0 Å². The minimum absolute atomic E-state index is 0.205. The quantitative estimate of drug-likeness (QED) is 0.441. The second-order valence-corrected chi connectivity index (χ2v) is 6.30. The lowest BCUT2D eigenvalue weighted by Gasteiger charge is -2.11. The summed E-state index contributed by atoms with van der Waals surface area (Å²) in [6.45, 7) is 7.96. The molecule has 0 bridgehead atoms. The first kappa shape index (κ1) is 17.0. The van der Waals surface area contributed by atoms with Crippen molar-refractivity contribution in [1.82, 2.24) is 9.97 Å². The van der Waals surface area contributed by atoms with E-state index in [1.165, 1.54) is 31.0 Å². The Bertz CT molecular complexity index is 461. The van der Waals surface area contributed by atoms with Crippen LogP contribution in [0.25, 0.3) is 0 Å². The smallest absolute Gasteiger partial charge is 0.340 e. The number of unbranched alkanes of at least 4 members (excludes halogenated alkanes) is 3. The highest BCUT2D eigenvalue weighted by atomic mass is 32.2. The van der Waals surface area contributed by atoms with E-state index in [1.54, 1.807) is 6.92 Å². The molecule has 1 aromatic heterocycles. The normalized spacial score (nSPS) is 11.1. The fourth-order valence-corrected chi connectivity index (χ4v) is 2.95. The molecule has 1 rings (SSSR count). The van der Waals surface area contributed by atoms with Crippen LogP contribution in [0.3, 0.4) is 0 Å². The average Bonchev–Trinajstić information content (AvgIpc) is 2.37. The maximum atomic E-state index is 11.4. The lowest BCUT2D eigenvalue weighted by atomic mass is 10.2. The second-order valence-electron chi connectivity index (χ2n) is 5.22. The van der Waals surface area contributed by atoms with Crippen LogP contribution in [-0.2, 0) is 0 Å². The number of carbonyl (C=O) groups is 1. The van der Waals surface area contributed by atoms with Gasteiger partial charge in [-0.2, -0.15) is 0 Å². The molecule has 1 N–H and O–H groups in total. The van der Waals surface area contributed by atoms with Crippen LogP contribution in [0.4, 0.5) is 0 Å². The van der Waals surface area contributed by atoms with Gasteiger partial charge in [0.15, 0.2) is 0 Å². The van der Waals surface area contributed by atoms with Crippen molar-refractivity contribution >= 4 is 17.7 Å². The molecule has 112 valence electrons. The van der Waals surface area contributed by atoms with Gasteiger partial charge in [-0.3, -0.25) is 0 Å². The number of thioether (sulfide) groups is 1. The van der Waals surface area contributed by atoms with E-state index in [-0.39, 0.29) is 11.5 Å². The van der Waals surface area contributed by atoms with E-state index in [1.807, 2.05) is 13.8 Å². The Kier molecular flexibility index (Phi) is 6.99. The fraction of sp³-hybridized carbons (Fsp3) is 0.667. The Balaban J connectivity index is 2.87. The lowest BCUT2D eigenvalue weighted by Crippen LogP contribution is -2.10. The summed E-state index contributed by atoms with van der Waals surface area (Å²) >= 11 is 1.54. The summed E-state index contributed by atoms with van der Waals surface area (Å²) in [5.41, 5.74) is 0.821. The fourth-order valence-electron chi connectivity index (χ4n) is 1.87. The number of carboxylic acids is 1. The summed E-state index contributed by atoms with van der Waals surface area (Å²) < 4.78 is 0. The first-order valence-electron chi connectivity index (χ1n) is 7.22. The molecular weight excluding hydrogens is 272 g/mol. The number of aryl methyl sites for hydroxylation is 1. The molecule has 4 nitrogen and oxygen atoms in total. The molecule has 0 atom stereocenters. The third-order valence-corrected chi connectivity index (χ3v) is 4.10. The largest absolute Gasteiger partial charge is 0.478 e. The molecule has 0 amide bonds. The van der Waals surface area contributed by atoms with Crippen molar-refractivity contribution in [1.29, 1.82) is 0 Å². The van der Waals surface area contributed by atoms with Crippen LogP contribution >= 0.6 is 11.8 Å². The van der Waals surface area contributed by atoms with Gasteiger partial charge in [-0.25, -0.2) is 14.8 Å². The molecule has 0 fully saturated rings. The second kappa shape index (κ2) is 8.25. The molecule has 0 aliphatic carbocycles. The Morgan fingerprint density at radius 1 is 1.25 bits per heavy atom. The van der Waals surface area contributed by atoms with Crippen molar-refractivity contribution in [2.24, 2.45) is 0 Å². The first-order valence-corrected chi connectivity index (χ1v) is 8.20. The maximum Gasteiger partial charge on any atom is 0.340 e. The summed E-state index contributed by atoms with van der Waals surface area (Å²) in [4.78, 5) is 20.1. The molecular formula is C15H24N2O2S. The summed E-state index contributed by atoms with van der Waals surface area (Å²) in [5, 5.41) is 9.94. The van der Waals surface area contributed by atoms with Crippen molar-refractivity contribution in [3.8, 4) is 0 Å². The number of hydrogen-bond acceptors (Lipinski definition) is 4. The standard InChI is InChI=1S/C15H24N2O2S/c1-5-6-7-8-9-20-14-12(15(18)19)11(4)16-13(17-14)10(2)3/h10H,5-9H2,1-4H3,(H,18,19). The predicted octanol–water partition coefficient (Wildman–Crippen LogP) is 4.28. The SMILES string of the molecule is CCCCCCSc1nc(C(C)C)nc(C)c1C(=O)O. The zero-order chi connectivity index (χ0) is 15.1. The number of aromatic nitrogens is 2. The van der Waals surface area contributed by atoms with Crippen LogP contribution in [0.2, 0.25) is 0 Å². The molecule has 0 unspecified atom stereocenters. The molecule has 0 aliphatic heterocycles. The summed E-state index contributed by atoms with van der Waals surface area (Å²) in [6, 6.07) is 0. The van der Waals surface area contributed by atoms with Crippen LogP contribution in [0.1, 0.15) is 74.2 Å². The molecule has 0 saturated carbocycles. The van der Waals surface area contributed by atoms with E-state index in [0.717, 1.165) is 18.0 Å². The van der Waals surface area contributed by atoms with Gasteiger partial charge in [0, 0.05) is 5.92 Å². The summed E-state index contributed by atoms with van der Waals surface area (Å²) in [6.07, 6.45) is 4.71. The monoisotopic (exact) mass is 296 g/mol. The van der Waals surface area contributed by atoms with Crippen molar-refractivity contribution in [2.75, 3.05) is 5.75 Å². The molecule has 5 heteroatoms. The van der Waals surface area contributed by atoms with E-state index in [9.17, 15) is 9.90 Å². The Morgan fingerprint density at radius 3 is 2.50 bits per heavy atom. The van der Waals surface area contributed by atoms with Gasteiger partial charge in [0.05, 0.1) is 5.69 Å². The van der Waals surface area contributed by atoms with Crippen LogP contribution in [0.5, 0.6) is 0 Å². The van der Waals surface area contributed by atoms with E-state index in [2.05, 4.69) is 16.9 Å². The van der Waals surface area contributed by atoms with E-state index in [0.29, 0.717) is 10.7 Å². The van der Waals surface area contributed by atoms with Crippen LogP contribution in [0.15, 0.2) is 5.03 Å². The van der Waals surface area contributed by atoms with E-state index in [4.69, 9.17) is 0 Å². The number of aromatic carboxylic acids is 1. The Hall–Kier alpha value is -1.10. The van der Waals surface area contributed by atoms with Gasteiger partial charge >= 0.3 is 5.97 Å². The zero-order valence-corrected chi connectivity index (χ0v) is 13.6. The van der Waals surface area contributed by atoms with E-state index >= 15 is 0 Å². The van der Waals surface area contributed by atoms with Crippen molar-refractivity contribution < 1.29 is 9.90 Å². The van der Waals surface area contributed by atoms with Crippen molar-refractivity contribution in [3.63, 3.8) is 0 Å². The van der Waals surface area contributed by atoms with Gasteiger partial charge in [-0.15, -0.1) is 11.8 Å². The number of carboxylic acid groups (broad SMARTS) is 1. The average molecular weight is 296 g/mol. The minimum atomic E-state index is -0.936. The summed E-state index contributed by atoms with van der Waals surface area (Å²) in [5.74, 6) is 0.905.